The van der Waals surface area contributed by atoms with Crippen molar-refractivity contribution in [3.63, 3.8) is 0 Å². The fourth-order valence-corrected chi connectivity index (χ4v) is 1.86. The van der Waals surface area contributed by atoms with Crippen molar-refractivity contribution in [3.8, 4) is 0 Å². The van der Waals surface area contributed by atoms with Gasteiger partial charge in [-0.25, -0.2) is 4.68 Å². The number of benzene rings is 1. The maximum atomic E-state index is 5.88. The average Bonchev–Trinajstić information content (AvgIpc) is 2.61. The van der Waals surface area contributed by atoms with Crippen LogP contribution >= 0.6 is 0 Å². The molecule has 0 amide bonds. The van der Waals surface area contributed by atoms with Crippen molar-refractivity contribution in [2.45, 2.75) is 20.1 Å². The summed E-state index contributed by atoms with van der Waals surface area (Å²) in [5, 5.41) is 4.36. The largest absolute Gasteiger partial charge is 0.384 e. The standard InChI is InChI=1S/C13H17N3O/c1-10-7-13(14)16(15-10)8-11-5-3-4-6-12(11)9-17-2/h3-7H,8-9,14H2,1-2H3. The van der Waals surface area contributed by atoms with Crippen LogP contribution in [-0.2, 0) is 17.9 Å². The maximum Gasteiger partial charge on any atom is 0.122 e. The topological polar surface area (TPSA) is 53.1 Å². The highest BCUT2D eigenvalue weighted by Crippen LogP contribution is 2.14. The first-order valence-corrected chi connectivity index (χ1v) is 5.56. The van der Waals surface area contributed by atoms with Crippen molar-refractivity contribution in [1.29, 1.82) is 0 Å². The minimum absolute atomic E-state index is 0.607. The van der Waals surface area contributed by atoms with Gasteiger partial charge in [0.1, 0.15) is 5.82 Å². The van der Waals surface area contributed by atoms with Crippen LogP contribution in [0.3, 0.4) is 0 Å². The minimum atomic E-state index is 0.607. The zero-order valence-corrected chi connectivity index (χ0v) is 10.2. The summed E-state index contributed by atoms with van der Waals surface area (Å²) >= 11 is 0. The molecule has 0 aliphatic heterocycles. The first-order valence-electron chi connectivity index (χ1n) is 5.56. The minimum Gasteiger partial charge on any atom is -0.384 e. The molecule has 17 heavy (non-hydrogen) atoms. The molecule has 0 saturated heterocycles. The van der Waals surface area contributed by atoms with E-state index in [1.165, 1.54) is 11.1 Å². The van der Waals surface area contributed by atoms with Gasteiger partial charge in [-0.15, -0.1) is 0 Å². The van der Waals surface area contributed by atoms with Gasteiger partial charge in [-0.1, -0.05) is 24.3 Å². The number of nitrogens with two attached hydrogens (primary N) is 1. The van der Waals surface area contributed by atoms with Crippen molar-refractivity contribution in [2.75, 3.05) is 12.8 Å². The van der Waals surface area contributed by atoms with Crippen molar-refractivity contribution in [2.24, 2.45) is 0 Å². The number of nitrogen functional groups attached to an aromatic ring is 1. The number of hydrogen-bond donors (Lipinski definition) is 1. The summed E-state index contributed by atoms with van der Waals surface area (Å²) in [6.45, 7) is 3.23. The SMILES string of the molecule is COCc1ccccc1Cn1nc(C)cc1N. The van der Waals surface area contributed by atoms with E-state index in [0.717, 1.165) is 5.69 Å². The maximum absolute atomic E-state index is 5.88. The Morgan fingerprint density at radius 1 is 1.29 bits per heavy atom. The molecule has 2 aromatic rings. The van der Waals surface area contributed by atoms with Gasteiger partial charge in [0, 0.05) is 13.2 Å². The molecular formula is C13H17N3O. The third-order valence-electron chi connectivity index (χ3n) is 2.67. The fourth-order valence-electron chi connectivity index (χ4n) is 1.86. The second-order valence-corrected chi connectivity index (χ2v) is 4.07. The Bertz CT molecular complexity index is 505. The molecule has 1 aromatic heterocycles. The molecule has 0 aliphatic carbocycles. The highest BCUT2D eigenvalue weighted by molar-refractivity contribution is 5.33. The second kappa shape index (κ2) is 5.01. The molecule has 2 N–H and O–H groups in total. The number of anilines is 1. The molecule has 0 fully saturated rings. The molecule has 0 spiro atoms. The molecule has 1 heterocycles. The number of nitrogens with zero attached hydrogens (tertiary/aromatic N) is 2. The number of methoxy groups -OCH3 is 1. The van der Waals surface area contributed by atoms with Gasteiger partial charge in [0.2, 0.25) is 0 Å². The zero-order valence-electron chi connectivity index (χ0n) is 10.2. The van der Waals surface area contributed by atoms with Crippen molar-refractivity contribution in [1.82, 2.24) is 9.78 Å². The highest BCUT2D eigenvalue weighted by Gasteiger charge is 2.06. The molecule has 0 aliphatic rings. The Balaban J connectivity index is 2.26. The Labute approximate surface area is 101 Å². The van der Waals surface area contributed by atoms with Gasteiger partial charge in [-0.05, 0) is 18.1 Å². The van der Waals surface area contributed by atoms with Gasteiger partial charge in [-0.3, -0.25) is 0 Å². The predicted octanol–water partition coefficient (Wildman–Crippen LogP) is 1.97. The van der Waals surface area contributed by atoms with E-state index in [1.54, 1.807) is 7.11 Å². The van der Waals surface area contributed by atoms with E-state index in [0.29, 0.717) is 19.0 Å². The molecule has 4 nitrogen and oxygen atoms in total. The molecule has 1 aromatic carbocycles. The van der Waals surface area contributed by atoms with E-state index in [1.807, 2.05) is 29.8 Å². The van der Waals surface area contributed by atoms with E-state index < -0.39 is 0 Å². The van der Waals surface area contributed by atoms with Crippen molar-refractivity contribution < 1.29 is 4.74 Å². The summed E-state index contributed by atoms with van der Waals surface area (Å²) in [6.07, 6.45) is 0. The molecule has 0 unspecified atom stereocenters. The van der Waals surface area contributed by atoms with Crippen LogP contribution in [0, 0.1) is 6.92 Å². The van der Waals surface area contributed by atoms with E-state index in [-0.39, 0.29) is 0 Å². The summed E-state index contributed by atoms with van der Waals surface area (Å²) in [7, 11) is 1.70. The average molecular weight is 231 g/mol. The molecule has 2 rings (SSSR count). The lowest BCUT2D eigenvalue weighted by molar-refractivity contribution is 0.184. The lowest BCUT2D eigenvalue weighted by Crippen LogP contribution is -2.08. The summed E-state index contributed by atoms with van der Waals surface area (Å²) < 4.78 is 6.99. The predicted molar refractivity (Wildman–Crippen MR) is 67.6 cm³/mol. The van der Waals surface area contributed by atoms with E-state index in [2.05, 4.69) is 17.2 Å². The van der Waals surface area contributed by atoms with Gasteiger partial charge < -0.3 is 10.5 Å². The van der Waals surface area contributed by atoms with Crippen LogP contribution in [0.1, 0.15) is 16.8 Å². The first kappa shape index (κ1) is 11.7. The van der Waals surface area contributed by atoms with Gasteiger partial charge >= 0.3 is 0 Å². The van der Waals surface area contributed by atoms with Crippen LogP contribution in [0.25, 0.3) is 0 Å². The second-order valence-electron chi connectivity index (χ2n) is 4.07. The van der Waals surface area contributed by atoms with Crippen molar-refractivity contribution >= 4 is 5.82 Å². The molecule has 0 atom stereocenters. The van der Waals surface area contributed by atoms with Crippen LogP contribution < -0.4 is 5.73 Å². The lowest BCUT2D eigenvalue weighted by Gasteiger charge is -2.09. The molecule has 0 saturated carbocycles. The fraction of sp³-hybridized carbons (Fsp3) is 0.308. The number of aryl methyl sites for hydroxylation is 1. The smallest absolute Gasteiger partial charge is 0.122 e. The Morgan fingerprint density at radius 3 is 2.59 bits per heavy atom. The van der Waals surface area contributed by atoms with Gasteiger partial charge in [0.05, 0.1) is 18.8 Å². The molecule has 90 valence electrons. The quantitative estimate of drug-likeness (QED) is 0.875. The summed E-state index contributed by atoms with van der Waals surface area (Å²) in [5.41, 5.74) is 9.17. The summed E-state index contributed by atoms with van der Waals surface area (Å²) in [4.78, 5) is 0. The van der Waals surface area contributed by atoms with Crippen LogP contribution in [0.4, 0.5) is 5.82 Å². The Morgan fingerprint density at radius 2 is 2.00 bits per heavy atom. The summed E-state index contributed by atoms with van der Waals surface area (Å²) in [5.74, 6) is 0.690. The molecular weight excluding hydrogens is 214 g/mol. The highest BCUT2D eigenvalue weighted by atomic mass is 16.5. The Kier molecular flexibility index (Phi) is 3.44. The zero-order chi connectivity index (χ0) is 12.3. The normalized spacial score (nSPS) is 10.7. The lowest BCUT2D eigenvalue weighted by atomic mass is 10.1. The van der Waals surface area contributed by atoms with Crippen LogP contribution in [0.15, 0.2) is 30.3 Å². The molecule has 0 bridgehead atoms. The van der Waals surface area contributed by atoms with Crippen LogP contribution in [-0.4, -0.2) is 16.9 Å². The number of rotatable bonds is 4. The summed E-state index contributed by atoms with van der Waals surface area (Å²) in [6, 6.07) is 10.0. The number of hydrogen-bond acceptors (Lipinski definition) is 3. The first-order chi connectivity index (χ1) is 8.20. The van der Waals surface area contributed by atoms with Crippen LogP contribution in [0.5, 0.6) is 0 Å². The Hall–Kier alpha value is -1.81. The number of ether oxygens (including phenoxy) is 1. The van der Waals surface area contributed by atoms with Crippen LogP contribution in [0.2, 0.25) is 0 Å². The van der Waals surface area contributed by atoms with Crippen molar-refractivity contribution in [3.05, 3.63) is 47.2 Å². The third-order valence-corrected chi connectivity index (χ3v) is 2.67. The van der Waals surface area contributed by atoms with E-state index >= 15 is 0 Å². The third kappa shape index (κ3) is 2.65. The van der Waals surface area contributed by atoms with Gasteiger partial charge in [-0.2, -0.15) is 5.10 Å². The monoisotopic (exact) mass is 231 g/mol. The van der Waals surface area contributed by atoms with E-state index in [4.69, 9.17) is 10.5 Å². The van der Waals surface area contributed by atoms with Gasteiger partial charge in [0.15, 0.2) is 0 Å². The number of aromatic nitrogens is 2. The van der Waals surface area contributed by atoms with E-state index in [9.17, 15) is 0 Å². The molecule has 4 heteroatoms. The van der Waals surface area contributed by atoms with Gasteiger partial charge in [0.25, 0.3) is 0 Å². The molecule has 0 radical (unpaired) electrons.